The lowest BCUT2D eigenvalue weighted by Gasteiger charge is -2.20. The van der Waals surface area contributed by atoms with Crippen molar-refractivity contribution in [3.63, 3.8) is 0 Å². The summed E-state index contributed by atoms with van der Waals surface area (Å²) in [6.45, 7) is 0.903. The number of urea groups is 1. The summed E-state index contributed by atoms with van der Waals surface area (Å²) >= 11 is 0. The zero-order valence-electron chi connectivity index (χ0n) is 13.6. The van der Waals surface area contributed by atoms with Crippen molar-refractivity contribution in [1.82, 2.24) is 10.6 Å². The van der Waals surface area contributed by atoms with Crippen molar-refractivity contribution in [2.75, 3.05) is 6.61 Å². The lowest BCUT2D eigenvalue weighted by Crippen LogP contribution is -2.43. The van der Waals surface area contributed by atoms with E-state index in [9.17, 15) is 14.9 Å². The first-order valence-electron chi connectivity index (χ1n) is 8.08. The van der Waals surface area contributed by atoms with Gasteiger partial charge in [-0.3, -0.25) is 10.1 Å². The van der Waals surface area contributed by atoms with Crippen molar-refractivity contribution in [2.24, 2.45) is 0 Å². The molecule has 0 spiro atoms. The number of ether oxygens (including phenoxy) is 1. The first-order chi connectivity index (χ1) is 12.1. The van der Waals surface area contributed by atoms with Crippen LogP contribution in [-0.2, 0) is 11.3 Å². The average Bonchev–Trinajstić information content (AvgIpc) is 3.09. The molecule has 2 N–H and O–H groups in total. The molecule has 1 aliphatic heterocycles. The lowest BCUT2D eigenvalue weighted by molar-refractivity contribution is -0.384. The van der Waals surface area contributed by atoms with Crippen molar-refractivity contribution >= 4 is 11.7 Å². The number of nitrogens with zero attached hydrogens (tertiary/aromatic N) is 1. The molecule has 2 aromatic carbocycles. The van der Waals surface area contributed by atoms with E-state index in [0.29, 0.717) is 13.2 Å². The van der Waals surface area contributed by atoms with E-state index in [4.69, 9.17) is 4.74 Å². The highest BCUT2D eigenvalue weighted by Crippen LogP contribution is 2.28. The molecule has 0 radical (unpaired) electrons. The summed E-state index contributed by atoms with van der Waals surface area (Å²) in [6.07, 6.45) is 0.608. The van der Waals surface area contributed by atoms with Crippen molar-refractivity contribution in [3.05, 3.63) is 75.8 Å². The molecule has 3 rings (SSSR count). The standard InChI is InChI=1S/C18H19N3O4/c22-18(19-12-13-6-8-15(9-7-13)21(23)24)20-16-10-11-25-17(16)14-4-2-1-3-5-14/h1-9,16-17H,10-12H2,(H2,19,20,22). The lowest BCUT2D eigenvalue weighted by atomic mass is 10.0. The first-order valence-corrected chi connectivity index (χ1v) is 8.08. The summed E-state index contributed by atoms with van der Waals surface area (Å²) in [5, 5.41) is 16.3. The fourth-order valence-electron chi connectivity index (χ4n) is 2.85. The number of amides is 2. The Morgan fingerprint density at radius 1 is 1.16 bits per heavy atom. The topological polar surface area (TPSA) is 93.5 Å². The van der Waals surface area contributed by atoms with Crippen LogP contribution in [0.3, 0.4) is 0 Å². The molecular weight excluding hydrogens is 322 g/mol. The number of nitro groups is 1. The third-order valence-corrected chi connectivity index (χ3v) is 4.14. The molecule has 2 aromatic rings. The smallest absolute Gasteiger partial charge is 0.315 e. The number of nitrogens with one attached hydrogen (secondary N) is 2. The maximum absolute atomic E-state index is 12.1. The van der Waals surface area contributed by atoms with Crippen LogP contribution in [0.2, 0.25) is 0 Å². The normalized spacial score (nSPS) is 19.4. The number of hydrogen-bond donors (Lipinski definition) is 2. The summed E-state index contributed by atoms with van der Waals surface area (Å²) in [7, 11) is 0. The van der Waals surface area contributed by atoms with E-state index in [0.717, 1.165) is 17.5 Å². The Hall–Kier alpha value is -2.93. The summed E-state index contributed by atoms with van der Waals surface area (Å²) in [5.74, 6) is 0. The highest BCUT2D eigenvalue weighted by Gasteiger charge is 2.30. The number of carbonyl (C=O) groups excluding carboxylic acids is 1. The SMILES string of the molecule is O=C(NCc1ccc([N+](=O)[O-])cc1)NC1CCOC1c1ccccc1. The van der Waals surface area contributed by atoms with Gasteiger partial charge in [0.05, 0.1) is 11.0 Å². The molecular formula is C18H19N3O4. The number of nitro benzene ring substituents is 1. The molecule has 2 atom stereocenters. The number of carbonyl (C=O) groups is 1. The van der Waals surface area contributed by atoms with Crippen LogP contribution in [0.1, 0.15) is 23.7 Å². The molecule has 25 heavy (non-hydrogen) atoms. The van der Waals surface area contributed by atoms with E-state index in [1.165, 1.54) is 12.1 Å². The minimum absolute atomic E-state index is 0.0296. The number of rotatable bonds is 5. The monoisotopic (exact) mass is 341 g/mol. The predicted octanol–water partition coefficient (Wildman–Crippen LogP) is 2.92. The van der Waals surface area contributed by atoms with Gasteiger partial charge in [0, 0.05) is 25.3 Å². The van der Waals surface area contributed by atoms with Crippen molar-refractivity contribution in [2.45, 2.75) is 25.1 Å². The highest BCUT2D eigenvalue weighted by molar-refractivity contribution is 5.74. The predicted molar refractivity (Wildman–Crippen MR) is 92.0 cm³/mol. The molecule has 1 fully saturated rings. The van der Waals surface area contributed by atoms with E-state index < -0.39 is 4.92 Å². The van der Waals surface area contributed by atoms with Crippen LogP contribution in [-0.4, -0.2) is 23.6 Å². The quantitative estimate of drug-likeness (QED) is 0.646. The van der Waals surface area contributed by atoms with Gasteiger partial charge in [-0.2, -0.15) is 0 Å². The van der Waals surface area contributed by atoms with Crippen LogP contribution < -0.4 is 10.6 Å². The Morgan fingerprint density at radius 2 is 1.88 bits per heavy atom. The maximum Gasteiger partial charge on any atom is 0.315 e. The van der Waals surface area contributed by atoms with Crippen LogP contribution in [0, 0.1) is 10.1 Å². The second-order valence-electron chi connectivity index (χ2n) is 5.85. The fraction of sp³-hybridized carbons (Fsp3) is 0.278. The minimum Gasteiger partial charge on any atom is -0.371 e. The van der Waals surface area contributed by atoms with Crippen LogP contribution in [0.25, 0.3) is 0 Å². The number of hydrogen-bond acceptors (Lipinski definition) is 4. The van der Waals surface area contributed by atoms with Crippen molar-refractivity contribution < 1.29 is 14.5 Å². The van der Waals surface area contributed by atoms with Crippen LogP contribution in [0.15, 0.2) is 54.6 Å². The summed E-state index contributed by atoms with van der Waals surface area (Å²) < 4.78 is 5.74. The Bertz CT molecular complexity index is 734. The average molecular weight is 341 g/mol. The molecule has 0 aliphatic carbocycles. The molecule has 2 amide bonds. The molecule has 7 heteroatoms. The fourth-order valence-corrected chi connectivity index (χ4v) is 2.85. The van der Waals surface area contributed by atoms with Crippen molar-refractivity contribution in [3.8, 4) is 0 Å². The summed E-state index contributed by atoms with van der Waals surface area (Å²) in [6, 6.07) is 15.5. The molecule has 1 saturated heterocycles. The van der Waals surface area contributed by atoms with Gasteiger partial charge in [-0.1, -0.05) is 42.5 Å². The van der Waals surface area contributed by atoms with Crippen LogP contribution >= 0.6 is 0 Å². The van der Waals surface area contributed by atoms with Gasteiger partial charge in [-0.25, -0.2) is 4.79 Å². The van der Waals surface area contributed by atoms with Crippen LogP contribution in [0.5, 0.6) is 0 Å². The van der Waals surface area contributed by atoms with Gasteiger partial charge in [0.1, 0.15) is 6.10 Å². The summed E-state index contributed by atoms with van der Waals surface area (Å²) in [4.78, 5) is 22.3. The largest absolute Gasteiger partial charge is 0.371 e. The van der Waals surface area contributed by atoms with Gasteiger partial charge in [0.15, 0.2) is 0 Å². The number of benzene rings is 2. The van der Waals surface area contributed by atoms with Gasteiger partial charge in [0.25, 0.3) is 5.69 Å². The van der Waals surface area contributed by atoms with Gasteiger partial charge >= 0.3 is 6.03 Å². The molecule has 0 bridgehead atoms. The molecule has 0 saturated carbocycles. The Kier molecular flexibility index (Phi) is 5.25. The highest BCUT2D eigenvalue weighted by atomic mass is 16.6. The zero-order chi connectivity index (χ0) is 17.6. The Balaban J connectivity index is 1.52. The molecule has 0 aromatic heterocycles. The third-order valence-electron chi connectivity index (χ3n) is 4.14. The van der Waals surface area contributed by atoms with E-state index in [-0.39, 0.29) is 23.9 Å². The minimum atomic E-state index is -0.451. The molecule has 1 aliphatic rings. The van der Waals surface area contributed by atoms with E-state index in [2.05, 4.69) is 10.6 Å². The first kappa shape index (κ1) is 16.9. The molecule has 130 valence electrons. The van der Waals surface area contributed by atoms with Gasteiger partial charge in [-0.15, -0.1) is 0 Å². The third kappa shape index (κ3) is 4.33. The zero-order valence-corrected chi connectivity index (χ0v) is 13.6. The molecule has 7 nitrogen and oxygen atoms in total. The van der Waals surface area contributed by atoms with Crippen molar-refractivity contribution in [1.29, 1.82) is 0 Å². The van der Waals surface area contributed by atoms with Gasteiger partial charge in [0.2, 0.25) is 0 Å². The van der Waals surface area contributed by atoms with E-state index >= 15 is 0 Å². The Morgan fingerprint density at radius 3 is 2.56 bits per heavy atom. The number of non-ortho nitro benzene ring substituents is 1. The van der Waals surface area contributed by atoms with Gasteiger partial charge in [-0.05, 0) is 17.5 Å². The van der Waals surface area contributed by atoms with Gasteiger partial charge < -0.3 is 15.4 Å². The summed E-state index contributed by atoms with van der Waals surface area (Å²) in [5.41, 5.74) is 1.87. The van der Waals surface area contributed by atoms with Crippen LogP contribution in [0.4, 0.5) is 10.5 Å². The Labute approximate surface area is 145 Å². The molecule has 1 heterocycles. The second-order valence-corrected chi connectivity index (χ2v) is 5.85. The van der Waals surface area contributed by atoms with E-state index in [1.54, 1.807) is 12.1 Å². The second kappa shape index (κ2) is 7.76. The molecule has 2 unspecified atom stereocenters. The maximum atomic E-state index is 12.1. The van der Waals surface area contributed by atoms with E-state index in [1.807, 2.05) is 30.3 Å².